The highest BCUT2D eigenvalue weighted by atomic mass is 31.2. The van der Waals surface area contributed by atoms with Gasteiger partial charge in [-0.1, -0.05) is 30.3 Å². The summed E-state index contributed by atoms with van der Waals surface area (Å²) < 4.78 is 19.2. The molecule has 2 aromatic rings. The van der Waals surface area contributed by atoms with E-state index in [4.69, 9.17) is 4.74 Å². The van der Waals surface area contributed by atoms with Crippen LogP contribution in [0, 0.1) is 19.7 Å². The molecule has 0 radical (unpaired) electrons. The zero-order valence-electron chi connectivity index (χ0n) is 18.8. The number of esters is 1. The molecule has 1 aliphatic carbocycles. The van der Waals surface area contributed by atoms with E-state index in [0.717, 1.165) is 30.7 Å². The number of aryl methyl sites for hydroxylation is 2. The molecule has 1 amide bonds. The third-order valence-corrected chi connectivity index (χ3v) is 12.4. The summed E-state index contributed by atoms with van der Waals surface area (Å²) in [7, 11) is -1.92. The van der Waals surface area contributed by atoms with Crippen molar-refractivity contribution in [3.05, 3.63) is 65.0 Å². The maximum absolute atomic E-state index is 13.7. The molecule has 0 aliphatic heterocycles. The lowest BCUT2D eigenvalue weighted by atomic mass is 10.1. The lowest BCUT2D eigenvalue weighted by molar-refractivity contribution is -0.141. The van der Waals surface area contributed by atoms with Crippen molar-refractivity contribution in [2.45, 2.75) is 52.3 Å². The summed E-state index contributed by atoms with van der Waals surface area (Å²) in [5, 5.41) is 2.59. The molecule has 166 valence electrons. The average Bonchev–Trinajstić information content (AvgIpc) is 3.56. The Balaban J connectivity index is 1.76. The van der Waals surface area contributed by atoms with E-state index >= 15 is 0 Å². The summed E-state index contributed by atoms with van der Waals surface area (Å²) in [4.78, 5) is 26.3. The standard InChI is InChI=1S/C25H31FNO3P/c1-5-31(6-2,17-22(28)30-16-20-10-8-7-9-11-20)25(12-13-25)24(29)27-23-18(3)14-21(26)15-19(23)4/h7-11,14-15H,5-6,12-13,16-17H2,1-4H3/p+1. The van der Waals surface area contributed by atoms with Crippen LogP contribution in [0.5, 0.6) is 0 Å². The van der Waals surface area contributed by atoms with E-state index in [1.807, 2.05) is 30.3 Å². The van der Waals surface area contributed by atoms with Crippen molar-refractivity contribution in [1.82, 2.24) is 0 Å². The molecule has 0 saturated heterocycles. The molecule has 0 bridgehead atoms. The van der Waals surface area contributed by atoms with Crippen LogP contribution in [-0.4, -0.2) is 35.5 Å². The molecule has 0 spiro atoms. The Hall–Kier alpha value is -2.26. The van der Waals surface area contributed by atoms with E-state index < -0.39 is 12.4 Å². The van der Waals surface area contributed by atoms with Gasteiger partial charge in [-0.05, 0) is 56.5 Å². The lowest BCUT2D eigenvalue weighted by Gasteiger charge is -2.32. The average molecular weight is 445 g/mol. The summed E-state index contributed by atoms with van der Waals surface area (Å²) in [5.74, 6) is -0.563. The molecular weight excluding hydrogens is 412 g/mol. The predicted molar refractivity (Wildman–Crippen MR) is 126 cm³/mol. The minimum Gasteiger partial charge on any atom is -0.458 e. The third kappa shape index (κ3) is 4.82. The Kier molecular flexibility index (Phi) is 7.16. The van der Waals surface area contributed by atoms with Gasteiger partial charge in [-0.25, -0.2) is 9.18 Å². The van der Waals surface area contributed by atoms with Gasteiger partial charge in [-0.2, -0.15) is 0 Å². The highest BCUT2D eigenvalue weighted by Gasteiger charge is 2.69. The molecule has 1 aliphatic rings. The van der Waals surface area contributed by atoms with Crippen molar-refractivity contribution in [3.63, 3.8) is 0 Å². The summed E-state index contributed by atoms with van der Waals surface area (Å²) in [6, 6.07) is 12.5. The van der Waals surface area contributed by atoms with Crippen LogP contribution in [0.4, 0.5) is 10.1 Å². The monoisotopic (exact) mass is 444 g/mol. The SMILES string of the molecule is CC[P+](CC)(CC(=O)OCc1ccccc1)C1(C(=O)Nc2c(C)cc(F)cc2C)CC1. The first-order chi connectivity index (χ1) is 14.8. The number of carbonyl (C=O) groups excluding carboxylic acids is 2. The lowest BCUT2D eigenvalue weighted by Crippen LogP contribution is -2.37. The normalized spacial score (nSPS) is 14.7. The number of amides is 1. The van der Waals surface area contributed by atoms with Crippen molar-refractivity contribution in [2.75, 3.05) is 23.8 Å². The Morgan fingerprint density at radius 2 is 1.65 bits per heavy atom. The van der Waals surface area contributed by atoms with Crippen molar-refractivity contribution in [2.24, 2.45) is 0 Å². The van der Waals surface area contributed by atoms with Crippen LogP contribution < -0.4 is 5.32 Å². The van der Waals surface area contributed by atoms with Crippen LogP contribution in [0.15, 0.2) is 42.5 Å². The fourth-order valence-electron chi connectivity index (χ4n) is 4.61. The van der Waals surface area contributed by atoms with Crippen molar-refractivity contribution in [3.8, 4) is 0 Å². The van der Waals surface area contributed by atoms with Crippen molar-refractivity contribution < 1.29 is 18.7 Å². The van der Waals surface area contributed by atoms with Gasteiger partial charge in [0, 0.05) is 25.8 Å². The molecule has 3 rings (SSSR count). The minimum absolute atomic E-state index is 0.0294. The minimum atomic E-state index is -1.92. The highest BCUT2D eigenvalue weighted by molar-refractivity contribution is 7.79. The Bertz CT molecular complexity index is 929. The molecule has 6 heteroatoms. The first kappa shape index (κ1) is 23.4. The first-order valence-corrected chi connectivity index (χ1v) is 13.3. The number of halogens is 1. The number of rotatable bonds is 9. The summed E-state index contributed by atoms with van der Waals surface area (Å²) in [5.41, 5.74) is 3.05. The second-order valence-corrected chi connectivity index (χ2v) is 13.2. The number of carbonyl (C=O) groups is 2. The largest absolute Gasteiger partial charge is 0.458 e. The van der Waals surface area contributed by atoms with Gasteiger partial charge in [-0.3, -0.25) is 4.79 Å². The van der Waals surface area contributed by atoms with E-state index in [1.165, 1.54) is 12.1 Å². The van der Waals surface area contributed by atoms with Crippen LogP contribution in [0.1, 0.15) is 43.4 Å². The fourth-order valence-corrected chi connectivity index (χ4v) is 9.15. The number of ether oxygens (including phenoxy) is 1. The van der Waals surface area contributed by atoms with E-state index in [0.29, 0.717) is 23.0 Å². The van der Waals surface area contributed by atoms with Gasteiger partial charge in [0.05, 0.1) is 12.3 Å². The van der Waals surface area contributed by atoms with Gasteiger partial charge in [0.15, 0.2) is 11.3 Å². The van der Waals surface area contributed by atoms with Gasteiger partial charge in [-0.15, -0.1) is 0 Å². The van der Waals surface area contributed by atoms with Crippen LogP contribution in [0.3, 0.4) is 0 Å². The number of hydrogen-bond acceptors (Lipinski definition) is 3. The topological polar surface area (TPSA) is 55.4 Å². The molecule has 1 N–H and O–H groups in total. The molecule has 1 saturated carbocycles. The van der Waals surface area contributed by atoms with Gasteiger partial charge < -0.3 is 10.1 Å². The van der Waals surface area contributed by atoms with Gasteiger partial charge in [0.25, 0.3) is 5.91 Å². The molecule has 2 aromatic carbocycles. The molecule has 4 nitrogen and oxygen atoms in total. The predicted octanol–water partition coefficient (Wildman–Crippen LogP) is 5.71. The molecule has 1 fully saturated rings. The zero-order chi connectivity index (χ0) is 22.6. The summed E-state index contributed by atoms with van der Waals surface area (Å²) >= 11 is 0. The second kappa shape index (κ2) is 9.48. The first-order valence-electron chi connectivity index (χ1n) is 10.9. The van der Waals surface area contributed by atoms with Crippen molar-refractivity contribution in [1.29, 1.82) is 0 Å². The third-order valence-electron chi connectivity index (χ3n) is 6.68. The van der Waals surface area contributed by atoms with E-state index in [-0.39, 0.29) is 24.3 Å². The van der Waals surface area contributed by atoms with Crippen LogP contribution >= 0.6 is 7.26 Å². The molecule has 0 aromatic heterocycles. The summed E-state index contributed by atoms with van der Waals surface area (Å²) in [6.07, 6.45) is 3.54. The summed E-state index contributed by atoms with van der Waals surface area (Å²) in [6.45, 7) is 8.02. The van der Waals surface area contributed by atoms with E-state index in [2.05, 4.69) is 19.2 Å². The van der Waals surface area contributed by atoms with Gasteiger partial charge in [0.2, 0.25) is 0 Å². The highest BCUT2D eigenvalue weighted by Crippen LogP contribution is 2.77. The van der Waals surface area contributed by atoms with Crippen LogP contribution in [0.25, 0.3) is 0 Å². The Morgan fingerprint density at radius 1 is 1.06 bits per heavy atom. The van der Waals surface area contributed by atoms with Gasteiger partial charge >= 0.3 is 5.97 Å². The quantitative estimate of drug-likeness (QED) is 0.398. The molecule has 31 heavy (non-hydrogen) atoms. The maximum atomic E-state index is 13.7. The zero-order valence-corrected chi connectivity index (χ0v) is 19.7. The smallest absolute Gasteiger partial charge is 0.344 e. The van der Waals surface area contributed by atoms with E-state index in [9.17, 15) is 14.0 Å². The van der Waals surface area contributed by atoms with Crippen molar-refractivity contribution >= 4 is 24.8 Å². The molecular formula is C25H32FNO3P+. The van der Waals surface area contributed by atoms with Gasteiger partial charge in [0.1, 0.15) is 12.4 Å². The van der Waals surface area contributed by atoms with Crippen LogP contribution in [-0.2, 0) is 20.9 Å². The fraction of sp³-hybridized carbons (Fsp3) is 0.440. The maximum Gasteiger partial charge on any atom is 0.344 e. The molecule has 0 unspecified atom stereocenters. The number of hydrogen-bond donors (Lipinski definition) is 1. The Morgan fingerprint density at radius 3 is 2.16 bits per heavy atom. The van der Waals surface area contributed by atoms with E-state index in [1.54, 1.807) is 13.8 Å². The molecule has 0 heterocycles. The number of anilines is 1. The van der Waals surface area contributed by atoms with Crippen LogP contribution in [0.2, 0.25) is 0 Å². The number of benzene rings is 2. The number of nitrogens with one attached hydrogen (secondary N) is 1. The molecule has 0 atom stereocenters. The second-order valence-electron chi connectivity index (χ2n) is 8.48. The Labute approximate surface area is 184 Å².